The zero-order valence-electron chi connectivity index (χ0n) is 10.2. The second-order valence-corrected chi connectivity index (χ2v) is 5.87. The Balaban J connectivity index is 2.34. The van der Waals surface area contributed by atoms with Crippen LogP contribution in [0.4, 0.5) is 18.9 Å². The molecule has 2 N–H and O–H groups in total. The molecule has 19 heavy (non-hydrogen) atoms. The SMILES string of the molecule is OCC1(Nc2ccc(Br)cc2C(F)(F)F)CCCC1. The van der Waals surface area contributed by atoms with Crippen molar-refractivity contribution in [3.8, 4) is 0 Å². The quantitative estimate of drug-likeness (QED) is 0.866. The van der Waals surface area contributed by atoms with E-state index in [0.717, 1.165) is 18.9 Å². The average molecular weight is 338 g/mol. The van der Waals surface area contributed by atoms with Crippen LogP contribution < -0.4 is 5.32 Å². The van der Waals surface area contributed by atoms with Crippen molar-refractivity contribution in [2.75, 3.05) is 11.9 Å². The largest absolute Gasteiger partial charge is 0.418 e. The standard InChI is InChI=1S/C13H15BrF3NO/c14-9-3-4-11(10(7-9)13(15,16)17)18-12(8-19)5-1-2-6-12/h3-4,7,18-19H,1-2,5-6,8H2. The van der Waals surface area contributed by atoms with Crippen molar-refractivity contribution in [1.29, 1.82) is 0 Å². The second-order valence-electron chi connectivity index (χ2n) is 4.96. The summed E-state index contributed by atoms with van der Waals surface area (Å²) in [5, 5.41) is 12.4. The smallest absolute Gasteiger partial charge is 0.394 e. The normalized spacial score (nSPS) is 18.6. The molecule has 0 aliphatic heterocycles. The monoisotopic (exact) mass is 337 g/mol. The number of aliphatic hydroxyl groups is 1. The van der Waals surface area contributed by atoms with Crippen molar-refractivity contribution >= 4 is 21.6 Å². The molecule has 1 saturated carbocycles. The van der Waals surface area contributed by atoms with Crippen molar-refractivity contribution < 1.29 is 18.3 Å². The van der Waals surface area contributed by atoms with Crippen LogP contribution in [0.2, 0.25) is 0 Å². The maximum Gasteiger partial charge on any atom is 0.418 e. The summed E-state index contributed by atoms with van der Waals surface area (Å²) in [4.78, 5) is 0. The zero-order valence-corrected chi connectivity index (χ0v) is 11.8. The van der Waals surface area contributed by atoms with Crippen LogP contribution in [0, 0.1) is 0 Å². The summed E-state index contributed by atoms with van der Waals surface area (Å²) < 4.78 is 39.4. The van der Waals surface area contributed by atoms with E-state index < -0.39 is 17.3 Å². The van der Waals surface area contributed by atoms with Gasteiger partial charge in [-0.3, -0.25) is 0 Å². The first-order valence-electron chi connectivity index (χ1n) is 6.12. The van der Waals surface area contributed by atoms with Crippen LogP contribution in [0.25, 0.3) is 0 Å². The summed E-state index contributed by atoms with van der Waals surface area (Å²) in [5.74, 6) is 0. The van der Waals surface area contributed by atoms with Gasteiger partial charge in [-0.25, -0.2) is 0 Å². The van der Waals surface area contributed by atoms with Crippen molar-refractivity contribution in [2.45, 2.75) is 37.4 Å². The molecule has 0 heterocycles. The van der Waals surface area contributed by atoms with Crippen LogP contribution in [0.1, 0.15) is 31.2 Å². The highest BCUT2D eigenvalue weighted by molar-refractivity contribution is 9.10. The molecule has 1 aromatic rings. The number of anilines is 1. The molecule has 1 aromatic carbocycles. The second kappa shape index (κ2) is 5.32. The Labute approximate surface area is 118 Å². The van der Waals surface area contributed by atoms with E-state index in [4.69, 9.17) is 0 Å². The van der Waals surface area contributed by atoms with Crippen LogP contribution in [-0.2, 0) is 6.18 Å². The van der Waals surface area contributed by atoms with E-state index >= 15 is 0 Å². The fraction of sp³-hybridized carbons (Fsp3) is 0.538. The number of hydrogen-bond acceptors (Lipinski definition) is 2. The number of aliphatic hydroxyl groups excluding tert-OH is 1. The Morgan fingerprint density at radius 2 is 1.89 bits per heavy atom. The van der Waals surface area contributed by atoms with Gasteiger partial charge in [0.25, 0.3) is 0 Å². The fourth-order valence-corrected chi connectivity index (χ4v) is 2.88. The lowest BCUT2D eigenvalue weighted by Gasteiger charge is -2.30. The van der Waals surface area contributed by atoms with Crippen LogP contribution in [0.3, 0.4) is 0 Å². The van der Waals surface area contributed by atoms with Crippen molar-refractivity contribution in [3.05, 3.63) is 28.2 Å². The highest BCUT2D eigenvalue weighted by atomic mass is 79.9. The van der Waals surface area contributed by atoms with Gasteiger partial charge in [-0.1, -0.05) is 28.8 Å². The molecule has 1 aliphatic carbocycles. The molecule has 0 amide bonds. The van der Waals surface area contributed by atoms with E-state index in [1.54, 1.807) is 6.07 Å². The Morgan fingerprint density at radius 3 is 2.42 bits per heavy atom. The van der Waals surface area contributed by atoms with Gasteiger partial charge in [-0.15, -0.1) is 0 Å². The van der Waals surface area contributed by atoms with Crippen LogP contribution in [0.15, 0.2) is 22.7 Å². The molecule has 106 valence electrons. The lowest BCUT2D eigenvalue weighted by molar-refractivity contribution is -0.137. The number of alkyl halides is 3. The van der Waals surface area contributed by atoms with E-state index in [2.05, 4.69) is 21.2 Å². The summed E-state index contributed by atoms with van der Waals surface area (Å²) in [7, 11) is 0. The van der Waals surface area contributed by atoms with Gasteiger partial charge < -0.3 is 10.4 Å². The van der Waals surface area contributed by atoms with Crippen molar-refractivity contribution in [1.82, 2.24) is 0 Å². The molecule has 2 rings (SSSR count). The number of hydrogen-bond donors (Lipinski definition) is 2. The topological polar surface area (TPSA) is 32.3 Å². The van der Waals surface area contributed by atoms with E-state index in [-0.39, 0.29) is 12.3 Å². The Bertz CT molecular complexity index is 456. The third kappa shape index (κ3) is 3.23. The van der Waals surface area contributed by atoms with Gasteiger partial charge >= 0.3 is 6.18 Å². The first-order valence-corrected chi connectivity index (χ1v) is 6.91. The molecule has 0 unspecified atom stereocenters. The minimum absolute atomic E-state index is 0.0339. The van der Waals surface area contributed by atoms with Gasteiger partial charge in [0.05, 0.1) is 17.7 Å². The Hall–Kier alpha value is -0.750. The number of rotatable bonds is 3. The molecule has 0 spiro atoms. The highest BCUT2D eigenvalue weighted by Gasteiger charge is 2.38. The third-order valence-electron chi connectivity index (χ3n) is 3.55. The lowest BCUT2D eigenvalue weighted by atomic mass is 9.97. The number of benzene rings is 1. The molecular weight excluding hydrogens is 323 g/mol. The number of halogens is 4. The van der Waals surface area contributed by atoms with Crippen LogP contribution >= 0.6 is 15.9 Å². The highest BCUT2D eigenvalue weighted by Crippen LogP contribution is 2.40. The van der Waals surface area contributed by atoms with Crippen LogP contribution in [-0.4, -0.2) is 17.3 Å². The molecular formula is C13H15BrF3NO. The van der Waals surface area contributed by atoms with Gasteiger partial charge in [0, 0.05) is 10.2 Å². The zero-order chi connectivity index (χ0) is 14.1. The molecule has 0 radical (unpaired) electrons. The summed E-state index contributed by atoms with van der Waals surface area (Å²) in [5.41, 5.74) is -1.29. The molecule has 6 heteroatoms. The third-order valence-corrected chi connectivity index (χ3v) is 4.04. The van der Waals surface area contributed by atoms with Gasteiger partial charge in [-0.05, 0) is 31.0 Å². The first kappa shape index (κ1) is 14.7. The molecule has 0 aromatic heterocycles. The molecule has 0 bridgehead atoms. The van der Waals surface area contributed by atoms with Gasteiger partial charge in [0.2, 0.25) is 0 Å². The minimum atomic E-state index is -4.42. The summed E-state index contributed by atoms with van der Waals surface area (Å²) in [6, 6.07) is 4.03. The molecule has 1 aliphatic rings. The van der Waals surface area contributed by atoms with Crippen molar-refractivity contribution in [2.24, 2.45) is 0 Å². The summed E-state index contributed by atoms with van der Waals surface area (Å²) in [6.45, 7) is -0.152. The van der Waals surface area contributed by atoms with E-state index in [1.165, 1.54) is 6.07 Å². The molecule has 0 saturated heterocycles. The first-order chi connectivity index (χ1) is 8.86. The summed E-state index contributed by atoms with van der Waals surface area (Å²) >= 11 is 3.05. The molecule has 0 atom stereocenters. The van der Waals surface area contributed by atoms with Crippen molar-refractivity contribution in [3.63, 3.8) is 0 Å². The Morgan fingerprint density at radius 1 is 1.26 bits per heavy atom. The van der Waals surface area contributed by atoms with Gasteiger partial charge in [0.1, 0.15) is 0 Å². The van der Waals surface area contributed by atoms with Gasteiger partial charge in [-0.2, -0.15) is 13.2 Å². The van der Waals surface area contributed by atoms with E-state index in [1.807, 2.05) is 0 Å². The lowest BCUT2D eigenvalue weighted by Crippen LogP contribution is -2.39. The van der Waals surface area contributed by atoms with Gasteiger partial charge in [0.15, 0.2) is 0 Å². The molecule has 2 nitrogen and oxygen atoms in total. The maximum absolute atomic E-state index is 13.0. The van der Waals surface area contributed by atoms with E-state index in [9.17, 15) is 18.3 Å². The predicted octanol–water partition coefficient (Wildman–Crippen LogP) is 4.18. The van der Waals surface area contributed by atoms with E-state index in [0.29, 0.717) is 17.3 Å². The minimum Gasteiger partial charge on any atom is -0.394 e. The average Bonchev–Trinajstić information content (AvgIpc) is 2.79. The van der Waals surface area contributed by atoms with Crippen LogP contribution in [0.5, 0.6) is 0 Å². The Kier molecular flexibility index (Phi) is 4.11. The summed E-state index contributed by atoms with van der Waals surface area (Å²) in [6.07, 6.45) is -1.19. The number of nitrogens with one attached hydrogen (secondary N) is 1. The maximum atomic E-state index is 13.0. The fourth-order valence-electron chi connectivity index (χ4n) is 2.52. The molecule has 1 fully saturated rings. The predicted molar refractivity (Wildman–Crippen MR) is 71.1 cm³/mol.